The van der Waals surface area contributed by atoms with Crippen molar-refractivity contribution in [1.29, 1.82) is 0 Å². The Balaban J connectivity index is 1.59. The molecule has 1 aliphatic carbocycles. The molecule has 5 nitrogen and oxygen atoms in total. The largest absolute Gasteiger partial charge is 0.335 e. The topological polar surface area (TPSA) is 50.2 Å². The van der Waals surface area contributed by atoms with Gasteiger partial charge in [0.25, 0.3) is 0 Å². The Morgan fingerprint density at radius 3 is 2.78 bits per heavy atom. The first-order valence-electron chi connectivity index (χ1n) is 9.86. The summed E-state index contributed by atoms with van der Waals surface area (Å²) >= 11 is 6.41. The fraction of sp³-hybridized carbons (Fsp3) is 0.524. The van der Waals surface area contributed by atoms with Crippen molar-refractivity contribution in [1.82, 2.24) is 20.0 Å². The molecule has 1 amide bonds. The SMILES string of the molecule is Cn1cc([C@H]2CNC[C@@H]2C(=O)N(Cc2ccccc2Cl)C2CCCC2)cn1. The predicted molar refractivity (Wildman–Crippen MR) is 107 cm³/mol. The molecule has 1 saturated carbocycles. The minimum Gasteiger partial charge on any atom is -0.335 e. The summed E-state index contributed by atoms with van der Waals surface area (Å²) in [4.78, 5) is 15.8. The lowest BCUT2D eigenvalue weighted by Gasteiger charge is -2.33. The summed E-state index contributed by atoms with van der Waals surface area (Å²) in [6.45, 7) is 2.15. The summed E-state index contributed by atoms with van der Waals surface area (Å²) in [5.41, 5.74) is 2.17. The maximum absolute atomic E-state index is 13.7. The second kappa shape index (κ2) is 8.03. The standard InChI is InChI=1S/C21H27ClN4O/c1-25-13-16(10-24-25)18-11-23-12-19(18)21(27)26(17-7-3-4-8-17)14-15-6-2-5-9-20(15)22/h2,5-6,9-10,13,17-19,23H,3-4,7-8,11-12,14H2,1H3/t18-,19+/m1/s1. The molecule has 0 unspecified atom stereocenters. The number of aromatic nitrogens is 2. The summed E-state index contributed by atoms with van der Waals surface area (Å²) < 4.78 is 1.81. The number of hydrogen-bond donors (Lipinski definition) is 1. The molecule has 0 bridgehead atoms. The third-order valence-electron chi connectivity index (χ3n) is 6.03. The lowest BCUT2D eigenvalue weighted by molar-refractivity contribution is -0.138. The average molecular weight is 387 g/mol. The van der Waals surface area contributed by atoms with Crippen molar-refractivity contribution < 1.29 is 4.79 Å². The highest BCUT2D eigenvalue weighted by Gasteiger charge is 2.39. The molecule has 1 N–H and O–H groups in total. The minimum absolute atomic E-state index is 0.0442. The molecule has 1 saturated heterocycles. The van der Waals surface area contributed by atoms with Gasteiger partial charge in [-0.05, 0) is 30.0 Å². The second-order valence-electron chi connectivity index (χ2n) is 7.81. The van der Waals surface area contributed by atoms with Crippen LogP contribution in [0.4, 0.5) is 0 Å². The van der Waals surface area contributed by atoms with E-state index in [1.807, 2.05) is 48.4 Å². The monoisotopic (exact) mass is 386 g/mol. The molecule has 27 heavy (non-hydrogen) atoms. The van der Waals surface area contributed by atoms with Crippen LogP contribution in [0, 0.1) is 5.92 Å². The second-order valence-corrected chi connectivity index (χ2v) is 8.22. The zero-order chi connectivity index (χ0) is 18.8. The van der Waals surface area contributed by atoms with Gasteiger partial charge in [0, 0.05) is 49.9 Å². The minimum atomic E-state index is -0.0442. The molecule has 4 rings (SSSR count). The van der Waals surface area contributed by atoms with Crippen molar-refractivity contribution in [3.05, 3.63) is 52.8 Å². The molecule has 0 spiro atoms. The highest BCUT2D eigenvalue weighted by Crippen LogP contribution is 2.33. The maximum atomic E-state index is 13.7. The maximum Gasteiger partial charge on any atom is 0.228 e. The first kappa shape index (κ1) is 18.5. The van der Waals surface area contributed by atoms with Crippen molar-refractivity contribution in [3.8, 4) is 0 Å². The Bertz CT molecular complexity index is 799. The van der Waals surface area contributed by atoms with E-state index in [1.54, 1.807) is 0 Å². The molecule has 144 valence electrons. The normalized spacial score (nSPS) is 23.0. The van der Waals surface area contributed by atoms with Crippen LogP contribution in [0.25, 0.3) is 0 Å². The fourth-order valence-electron chi connectivity index (χ4n) is 4.55. The molecule has 2 fully saturated rings. The van der Waals surface area contributed by atoms with Gasteiger partial charge in [-0.15, -0.1) is 0 Å². The number of hydrogen-bond acceptors (Lipinski definition) is 3. The summed E-state index contributed by atoms with van der Waals surface area (Å²) in [6, 6.07) is 8.19. The van der Waals surface area contributed by atoms with Crippen molar-refractivity contribution in [2.24, 2.45) is 13.0 Å². The van der Waals surface area contributed by atoms with E-state index in [2.05, 4.69) is 15.3 Å². The van der Waals surface area contributed by atoms with Crippen LogP contribution in [-0.2, 0) is 18.4 Å². The Hall–Kier alpha value is -1.85. The van der Waals surface area contributed by atoms with Crippen molar-refractivity contribution in [2.75, 3.05) is 13.1 Å². The highest BCUT2D eigenvalue weighted by atomic mass is 35.5. The Morgan fingerprint density at radius 2 is 2.07 bits per heavy atom. The fourth-order valence-corrected chi connectivity index (χ4v) is 4.74. The molecule has 2 aromatic rings. The molecule has 1 aliphatic heterocycles. The number of halogens is 1. The van der Waals surface area contributed by atoms with Crippen molar-refractivity contribution in [2.45, 2.75) is 44.2 Å². The Labute approximate surface area is 165 Å². The highest BCUT2D eigenvalue weighted by molar-refractivity contribution is 6.31. The number of nitrogens with one attached hydrogen (secondary N) is 1. The first-order valence-corrected chi connectivity index (χ1v) is 10.2. The molecular weight excluding hydrogens is 360 g/mol. The van der Waals surface area contributed by atoms with E-state index in [4.69, 9.17) is 11.6 Å². The number of aryl methyl sites for hydroxylation is 1. The van der Waals surface area contributed by atoms with Crippen LogP contribution in [0.15, 0.2) is 36.7 Å². The van der Waals surface area contributed by atoms with E-state index < -0.39 is 0 Å². The van der Waals surface area contributed by atoms with Crippen LogP contribution < -0.4 is 5.32 Å². The molecule has 2 atom stereocenters. The molecule has 6 heteroatoms. The Morgan fingerprint density at radius 1 is 1.30 bits per heavy atom. The molecule has 2 aliphatic rings. The number of carbonyl (C=O) groups excluding carboxylic acids is 1. The van der Waals surface area contributed by atoms with Gasteiger partial charge in [-0.3, -0.25) is 9.48 Å². The van der Waals surface area contributed by atoms with Crippen molar-refractivity contribution in [3.63, 3.8) is 0 Å². The van der Waals surface area contributed by atoms with Gasteiger partial charge >= 0.3 is 0 Å². The summed E-state index contributed by atoms with van der Waals surface area (Å²) in [6.07, 6.45) is 8.51. The molecule has 2 heterocycles. The molecule has 0 radical (unpaired) electrons. The first-order chi connectivity index (χ1) is 13.1. The van der Waals surface area contributed by atoms with Crippen LogP contribution in [0.3, 0.4) is 0 Å². The summed E-state index contributed by atoms with van der Waals surface area (Å²) in [5.74, 6) is 0.388. The predicted octanol–water partition coefficient (Wildman–Crippen LogP) is 3.35. The van der Waals surface area contributed by atoms with E-state index in [0.717, 1.165) is 42.1 Å². The number of nitrogens with zero attached hydrogens (tertiary/aromatic N) is 3. The van der Waals surface area contributed by atoms with E-state index in [0.29, 0.717) is 12.6 Å². The van der Waals surface area contributed by atoms with E-state index in [-0.39, 0.29) is 17.7 Å². The van der Waals surface area contributed by atoms with Gasteiger partial charge in [0.15, 0.2) is 0 Å². The quantitative estimate of drug-likeness (QED) is 0.857. The van der Waals surface area contributed by atoms with Gasteiger partial charge in [0.1, 0.15) is 0 Å². The van der Waals surface area contributed by atoms with Gasteiger partial charge in [-0.1, -0.05) is 42.6 Å². The third-order valence-corrected chi connectivity index (χ3v) is 6.40. The van der Waals surface area contributed by atoms with Gasteiger partial charge in [0.2, 0.25) is 5.91 Å². The van der Waals surface area contributed by atoms with Crippen LogP contribution in [-0.4, -0.2) is 39.7 Å². The van der Waals surface area contributed by atoms with Crippen molar-refractivity contribution >= 4 is 17.5 Å². The average Bonchev–Trinajstić information content (AvgIpc) is 3.41. The molecule has 1 aromatic heterocycles. The van der Waals surface area contributed by atoms with E-state index >= 15 is 0 Å². The van der Waals surface area contributed by atoms with E-state index in [1.165, 1.54) is 12.8 Å². The number of rotatable bonds is 5. The lowest BCUT2D eigenvalue weighted by atomic mass is 9.89. The number of carbonyl (C=O) groups is 1. The molecular formula is C21H27ClN4O. The summed E-state index contributed by atoms with van der Waals surface area (Å²) in [5, 5.41) is 8.46. The Kier molecular flexibility index (Phi) is 5.50. The lowest BCUT2D eigenvalue weighted by Crippen LogP contribution is -2.43. The summed E-state index contributed by atoms with van der Waals surface area (Å²) in [7, 11) is 1.92. The van der Waals surface area contributed by atoms with Gasteiger partial charge in [-0.2, -0.15) is 5.10 Å². The van der Waals surface area contributed by atoms with E-state index in [9.17, 15) is 4.79 Å². The van der Waals surface area contributed by atoms with Crippen LogP contribution >= 0.6 is 11.6 Å². The van der Waals surface area contributed by atoms with Crippen LogP contribution in [0.1, 0.15) is 42.7 Å². The van der Waals surface area contributed by atoms with Gasteiger partial charge in [0.05, 0.1) is 12.1 Å². The van der Waals surface area contributed by atoms with Crippen LogP contribution in [0.5, 0.6) is 0 Å². The zero-order valence-electron chi connectivity index (χ0n) is 15.8. The van der Waals surface area contributed by atoms with Gasteiger partial charge in [-0.25, -0.2) is 0 Å². The smallest absolute Gasteiger partial charge is 0.228 e. The number of benzene rings is 1. The van der Waals surface area contributed by atoms with Gasteiger partial charge < -0.3 is 10.2 Å². The van der Waals surface area contributed by atoms with Crippen LogP contribution in [0.2, 0.25) is 5.02 Å². The third kappa shape index (κ3) is 3.90. The number of amides is 1. The zero-order valence-corrected chi connectivity index (χ0v) is 16.5. The molecule has 1 aromatic carbocycles.